The molecule has 58 valence electrons. The van der Waals surface area contributed by atoms with E-state index in [1.807, 2.05) is 0 Å². The zero-order chi connectivity index (χ0) is 7.30. The Morgan fingerprint density at radius 3 is 2.00 bits per heavy atom. The van der Waals surface area contributed by atoms with Crippen molar-refractivity contribution >= 4 is 0 Å². The van der Waals surface area contributed by atoms with Crippen LogP contribution in [0.4, 0.5) is 0 Å². The average molecular weight is 138 g/mol. The maximum atomic E-state index is 2.45. The molecule has 2 aliphatic carbocycles. The van der Waals surface area contributed by atoms with Crippen molar-refractivity contribution in [2.75, 3.05) is 0 Å². The number of fused-ring (bicyclic) bond motifs is 2. The van der Waals surface area contributed by atoms with Gasteiger partial charge in [-0.05, 0) is 42.4 Å². The molecule has 0 saturated heterocycles. The molecule has 0 N–H and O–H groups in total. The second kappa shape index (κ2) is 1.99. The number of hydrogen-bond donors (Lipinski definition) is 0. The highest BCUT2D eigenvalue weighted by Crippen LogP contribution is 2.54. The second-order valence-corrected chi connectivity index (χ2v) is 4.59. The van der Waals surface area contributed by atoms with Crippen LogP contribution >= 0.6 is 0 Å². The molecule has 0 radical (unpaired) electrons. The molecule has 0 aromatic rings. The molecule has 0 heteroatoms. The van der Waals surface area contributed by atoms with Gasteiger partial charge in [0.2, 0.25) is 0 Å². The van der Waals surface area contributed by atoms with Gasteiger partial charge in [0.15, 0.2) is 0 Å². The van der Waals surface area contributed by atoms with E-state index in [0.29, 0.717) is 0 Å². The first-order chi connectivity index (χ1) is 4.70. The molecule has 0 nitrogen and oxygen atoms in total. The van der Waals surface area contributed by atoms with E-state index in [1.165, 1.54) is 6.42 Å². The molecular weight excluding hydrogens is 120 g/mol. The van der Waals surface area contributed by atoms with Crippen molar-refractivity contribution in [1.29, 1.82) is 0 Å². The smallest absolute Gasteiger partial charge is 0.0357 e. The minimum atomic E-state index is 1.02. The minimum absolute atomic E-state index is 1.02. The predicted octanol–water partition coefficient (Wildman–Crippen LogP) is 2.93. The lowest BCUT2D eigenvalue weighted by Crippen LogP contribution is -2.22. The van der Waals surface area contributed by atoms with Gasteiger partial charge in [-0.2, -0.15) is 0 Å². The van der Waals surface area contributed by atoms with Crippen LogP contribution in [0.5, 0.6) is 0 Å². The van der Waals surface area contributed by atoms with Gasteiger partial charge in [0.05, 0.1) is 0 Å². The van der Waals surface area contributed by atoms with Crippen LogP contribution in [0.1, 0.15) is 33.6 Å². The average Bonchev–Trinajstić information content (AvgIpc) is 2.36. The maximum absolute atomic E-state index is 2.45. The molecule has 2 unspecified atom stereocenters. The van der Waals surface area contributed by atoms with Gasteiger partial charge >= 0.3 is 0 Å². The lowest BCUT2D eigenvalue weighted by molar-refractivity contribution is 0.201. The lowest BCUT2D eigenvalue weighted by Gasteiger charge is -2.29. The van der Waals surface area contributed by atoms with Gasteiger partial charge < -0.3 is 0 Å². The number of hydrogen-bond acceptors (Lipinski definition) is 0. The van der Waals surface area contributed by atoms with Gasteiger partial charge in [-0.3, -0.25) is 0 Å². The molecule has 2 rings (SSSR count). The maximum Gasteiger partial charge on any atom is -0.0357 e. The Hall–Kier alpha value is 0. The minimum Gasteiger partial charge on any atom is -0.0622 e. The third kappa shape index (κ3) is 0.681. The summed E-state index contributed by atoms with van der Waals surface area (Å²) in [6.07, 6.45) is 3.07. The first-order valence-electron chi connectivity index (χ1n) is 4.70. The van der Waals surface area contributed by atoms with Gasteiger partial charge in [-0.25, -0.2) is 0 Å². The predicted molar refractivity (Wildman–Crippen MR) is 43.7 cm³/mol. The zero-order valence-corrected chi connectivity index (χ0v) is 7.30. The zero-order valence-electron chi connectivity index (χ0n) is 7.30. The van der Waals surface area contributed by atoms with E-state index in [4.69, 9.17) is 0 Å². The van der Waals surface area contributed by atoms with Crippen LogP contribution in [0, 0.1) is 29.6 Å². The third-order valence-corrected chi connectivity index (χ3v) is 4.23. The molecule has 0 spiro atoms. The number of rotatable bonds is 0. The summed E-state index contributed by atoms with van der Waals surface area (Å²) >= 11 is 0. The standard InChI is InChI=1S/C10H18/c1-6-4-9-5-10(6)8(3)7(9)2/h6-10H,4-5H2,1-3H3/t6-,7?,8?,9-,10-/m0/s1. The molecule has 10 heavy (non-hydrogen) atoms. The summed E-state index contributed by atoms with van der Waals surface area (Å²) in [4.78, 5) is 0. The molecule has 2 bridgehead atoms. The topological polar surface area (TPSA) is 0 Å². The summed E-state index contributed by atoms with van der Waals surface area (Å²) in [6.45, 7) is 7.33. The first-order valence-corrected chi connectivity index (χ1v) is 4.70. The Balaban J connectivity index is 2.16. The molecule has 0 aliphatic heterocycles. The van der Waals surface area contributed by atoms with Crippen molar-refractivity contribution in [2.24, 2.45) is 29.6 Å². The molecule has 5 atom stereocenters. The van der Waals surface area contributed by atoms with Crippen LogP contribution in [0.15, 0.2) is 0 Å². The van der Waals surface area contributed by atoms with Crippen LogP contribution in [-0.4, -0.2) is 0 Å². The molecular formula is C10H18. The van der Waals surface area contributed by atoms with E-state index >= 15 is 0 Å². The largest absolute Gasteiger partial charge is 0.0622 e. The summed E-state index contributed by atoms with van der Waals surface area (Å²) < 4.78 is 0. The van der Waals surface area contributed by atoms with Crippen LogP contribution in [0.2, 0.25) is 0 Å². The molecule has 0 aromatic carbocycles. The van der Waals surface area contributed by atoms with E-state index in [-0.39, 0.29) is 0 Å². The van der Waals surface area contributed by atoms with Gasteiger partial charge in [0.25, 0.3) is 0 Å². The molecule has 2 fully saturated rings. The Morgan fingerprint density at radius 1 is 0.900 bits per heavy atom. The van der Waals surface area contributed by atoms with E-state index < -0.39 is 0 Å². The first kappa shape index (κ1) is 6.69. The summed E-state index contributed by atoms with van der Waals surface area (Å²) in [6, 6.07) is 0. The van der Waals surface area contributed by atoms with Crippen LogP contribution in [0.3, 0.4) is 0 Å². The molecule has 0 amide bonds. The Kier molecular flexibility index (Phi) is 1.33. The highest BCUT2D eigenvalue weighted by atomic mass is 14.5. The van der Waals surface area contributed by atoms with E-state index in [1.54, 1.807) is 6.42 Å². The third-order valence-electron chi connectivity index (χ3n) is 4.23. The van der Waals surface area contributed by atoms with Gasteiger partial charge in [-0.1, -0.05) is 20.8 Å². The Bertz CT molecular complexity index is 137. The normalized spacial score (nSPS) is 59.7. The van der Waals surface area contributed by atoms with Crippen molar-refractivity contribution < 1.29 is 0 Å². The fourth-order valence-electron chi connectivity index (χ4n) is 3.31. The van der Waals surface area contributed by atoms with Crippen LogP contribution in [-0.2, 0) is 0 Å². The summed E-state index contributed by atoms with van der Waals surface area (Å²) in [7, 11) is 0. The Morgan fingerprint density at radius 2 is 1.60 bits per heavy atom. The van der Waals surface area contributed by atoms with E-state index in [2.05, 4.69) is 20.8 Å². The molecule has 0 aromatic heterocycles. The SMILES string of the molecule is CC1C(C)[C@H]2C[C@@H]1C[C@@H]2C. The van der Waals surface area contributed by atoms with Gasteiger partial charge in [-0.15, -0.1) is 0 Å². The van der Waals surface area contributed by atoms with Crippen LogP contribution in [0.25, 0.3) is 0 Å². The summed E-state index contributed by atoms with van der Waals surface area (Å²) in [5.74, 6) is 5.26. The summed E-state index contributed by atoms with van der Waals surface area (Å²) in [5.41, 5.74) is 0. The fraction of sp³-hybridized carbons (Fsp3) is 1.00. The van der Waals surface area contributed by atoms with E-state index in [9.17, 15) is 0 Å². The highest BCUT2D eigenvalue weighted by Gasteiger charge is 2.46. The molecule has 0 heterocycles. The van der Waals surface area contributed by atoms with Crippen molar-refractivity contribution in [3.05, 3.63) is 0 Å². The fourth-order valence-corrected chi connectivity index (χ4v) is 3.31. The quantitative estimate of drug-likeness (QED) is 0.483. The monoisotopic (exact) mass is 138 g/mol. The van der Waals surface area contributed by atoms with Crippen molar-refractivity contribution in [1.82, 2.24) is 0 Å². The molecule has 2 aliphatic rings. The van der Waals surface area contributed by atoms with Gasteiger partial charge in [0.1, 0.15) is 0 Å². The van der Waals surface area contributed by atoms with Crippen molar-refractivity contribution in [3.8, 4) is 0 Å². The van der Waals surface area contributed by atoms with Crippen LogP contribution < -0.4 is 0 Å². The lowest BCUT2D eigenvalue weighted by atomic mass is 9.77. The van der Waals surface area contributed by atoms with E-state index in [0.717, 1.165) is 29.6 Å². The van der Waals surface area contributed by atoms with Gasteiger partial charge in [0, 0.05) is 0 Å². The summed E-state index contributed by atoms with van der Waals surface area (Å²) in [5, 5.41) is 0. The van der Waals surface area contributed by atoms with Crippen molar-refractivity contribution in [2.45, 2.75) is 33.6 Å². The Labute approximate surface area is 64.0 Å². The molecule has 2 saturated carbocycles. The highest BCUT2D eigenvalue weighted by molar-refractivity contribution is 4.95. The van der Waals surface area contributed by atoms with Crippen molar-refractivity contribution in [3.63, 3.8) is 0 Å². The second-order valence-electron chi connectivity index (χ2n) is 4.59.